The Morgan fingerprint density at radius 2 is 2.20 bits per heavy atom. The standard InChI is InChI=1S/C16H25N3O/c1-4-20-15-7-10(2)17-16(19-15)18-11(3)14-9-12-5-6-13(14)8-12/h7,11-14H,4-6,8-9H2,1-3H3,(H,17,18,19). The van der Waals surface area contributed by atoms with Crippen LogP contribution in [-0.4, -0.2) is 22.6 Å². The van der Waals surface area contributed by atoms with Crippen molar-refractivity contribution in [1.82, 2.24) is 9.97 Å². The van der Waals surface area contributed by atoms with Crippen LogP contribution in [0.25, 0.3) is 0 Å². The van der Waals surface area contributed by atoms with Crippen molar-refractivity contribution in [2.75, 3.05) is 11.9 Å². The molecule has 4 heteroatoms. The van der Waals surface area contributed by atoms with Gasteiger partial charge in [0, 0.05) is 17.8 Å². The van der Waals surface area contributed by atoms with Gasteiger partial charge in [0.25, 0.3) is 0 Å². The monoisotopic (exact) mass is 275 g/mol. The van der Waals surface area contributed by atoms with Gasteiger partial charge in [-0.25, -0.2) is 4.98 Å². The van der Waals surface area contributed by atoms with Gasteiger partial charge in [-0.1, -0.05) is 6.42 Å². The van der Waals surface area contributed by atoms with Gasteiger partial charge in [-0.05, 0) is 57.8 Å². The summed E-state index contributed by atoms with van der Waals surface area (Å²) >= 11 is 0. The summed E-state index contributed by atoms with van der Waals surface area (Å²) in [5.41, 5.74) is 0.950. The summed E-state index contributed by atoms with van der Waals surface area (Å²) < 4.78 is 5.49. The summed E-state index contributed by atoms with van der Waals surface area (Å²) in [5.74, 6) is 4.06. The number of hydrogen-bond donors (Lipinski definition) is 1. The van der Waals surface area contributed by atoms with E-state index in [1.165, 1.54) is 25.7 Å². The topological polar surface area (TPSA) is 47.0 Å². The predicted octanol–water partition coefficient (Wildman–Crippen LogP) is 3.42. The molecule has 4 atom stereocenters. The fourth-order valence-electron chi connectivity index (χ4n) is 4.04. The van der Waals surface area contributed by atoms with Crippen molar-refractivity contribution in [3.63, 3.8) is 0 Å². The average Bonchev–Trinajstić information content (AvgIpc) is 3.00. The minimum Gasteiger partial charge on any atom is -0.478 e. The molecule has 0 amide bonds. The van der Waals surface area contributed by atoms with E-state index in [9.17, 15) is 0 Å². The molecule has 1 aromatic heterocycles. The number of anilines is 1. The molecule has 0 aromatic carbocycles. The Labute approximate surface area is 121 Å². The van der Waals surface area contributed by atoms with E-state index in [4.69, 9.17) is 4.74 Å². The first-order chi connectivity index (χ1) is 9.65. The third-order valence-electron chi connectivity index (χ3n) is 4.91. The molecule has 1 aromatic rings. The van der Waals surface area contributed by atoms with Crippen LogP contribution in [0.3, 0.4) is 0 Å². The number of nitrogens with zero attached hydrogens (tertiary/aromatic N) is 2. The second-order valence-corrected chi connectivity index (χ2v) is 6.38. The molecule has 0 spiro atoms. The Kier molecular flexibility index (Phi) is 3.81. The molecular formula is C16H25N3O. The van der Waals surface area contributed by atoms with Crippen LogP contribution in [0.2, 0.25) is 0 Å². The molecule has 1 N–H and O–H groups in total. The highest BCUT2D eigenvalue weighted by atomic mass is 16.5. The largest absolute Gasteiger partial charge is 0.478 e. The molecule has 0 saturated heterocycles. The predicted molar refractivity (Wildman–Crippen MR) is 80.0 cm³/mol. The van der Waals surface area contributed by atoms with Crippen molar-refractivity contribution < 1.29 is 4.74 Å². The molecule has 0 aliphatic heterocycles. The van der Waals surface area contributed by atoms with Crippen LogP contribution in [0.1, 0.15) is 45.2 Å². The quantitative estimate of drug-likeness (QED) is 0.894. The first-order valence-electron chi connectivity index (χ1n) is 7.90. The average molecular weight is 275 g/mol. The van der Waals surface area contributed by atoms with Gasteiger partial charge >= 0.3 is 0 Å². The summed E-state index contributed by atoms with van der Waals surface area (Å²) in [7, 11) is 0. The van der Waals surface area contributed by atoms with Gasteiger partial charge < -0.3 is 10.1 Å². The van der Waals surface area contributed by atoms with Crippen molar-refractivity contribution in [2.24, 2.45) is 17.8 Å². The van der Waals surface area contributed by atoms with E-state index in [0.717, 1.165) is 23.4 Å². The van der Waals surface area contributed by atoms with Crippen LogP contribution in [0.15, 0.2) is 6.07 Å². The van der Waals surface area contributed by atoms with Crippen LogP contribution in [0, 0.1) is 24.7 Å². The molecule has 3 rings (SSSR count). The summed E-state index contributed by atoms with van der Waals surface area (Å²) in [6.07, 6.45) is 5.68. The molecule has 2 fully saturated rings. The van der Waals surface area contributed by atoms with Crippen LogP contribution >= 0.6 is 0 Å². The van der Waals surface area contributed by atoms with Crippen LogP contribution in [0.4, 0.5) is 5.95 Å². The fraction of sp³-hybridized carbons (Fsp3) is 0.750. The summed E-state index contributed by atoms with van der Waals surface area (Å²) in [4.78, 5) is 8.94. The molecule has 2 aliphatic carbocycles. The minimum atomic E-state index is 0.446. The number of fused-ring (bicyclic) bond motifs is 2. The first kappa shape index (κ1) is 13.7. The first-order valence-corrected chi connectivity index (χ1v) is 7.90. The van der Waals surface area contributed by atoms with Gasteiger partial charge in [0.05, 0.1) is 6.61 Å². The third kappa shape index (κ3) is 2.74. The van der Waals surface area contributed by atoms with E-state index >= 15 is 0 Å². The lowest BCUT2D eigenvalue weighted by atomic mass is 9.84. The van der Waals surface area contributed by atoms with E-state index in [1.54, 1.807) is 0 Å². The lowest BCUT2D eigenvalue weighted by molar-refractivity contribution is 0.302. The van der Waals surface area contributed by atoms with Gasteiger partial charge in [0.2, 0.25) is 11.8 Å². The Morgan fingerprint density at radius 1 is 1.35 bits per heavy atom. The SMILES string of the molecule is CCOc1cc(C)nc(NC(C)C2CC3CCC2C3)n1. The van der Waals surface area contributed by atoms with E-state index < -0.39 is 0 Å². The molecular weight excluding hydrogens is 250 g/mol. The molecule has 110 valence electrons. The van der Waals surface area contributed by atoms with Gasteiger partial charge in [-0.15, -0.1) is 0 Å². The number of aryl methyl sites for hydroxylation is 1. The van der Waals surface area contributed by atoms with Crippen LogP contribution in [-0.2, 0) is 0 Å². The molecule has 1 heterocycles. The highest BCUT2D eigenvalue weighted by Gasteiger charge is 2.41. The zero-order chi connectivity index (χ0) is 14.1. The van der Waals surface area contributed by atoms with Crippen molar-refractivity contribution in [2.45, 2.75) is 52.5 Å². The van der Waals surface area contributed by atoms with E-state index in [-0.39, 0.29) is 0 Å². The van der Waals surface area contributed by atoms with Crippen molar-refractivity contribution >= 4 is 5.95 Å². The third-order valence-corrected chi connectivity index (χ3v) is 4.91. The molecule has 2 saturated carbocycles. The number of aromatic nitrogens is 2. The number of rotatable bonds is 5. The molecule has 2 aliphatic rings. The second kappa shape index (κ2) is 5.58. The summed E-state index contributed by atoms with van der Waals surface area (Å²) in [6.45, 7) is 6.87. The number of nitrogens with one attached hydrogen (secondary N) is 1. The van der Waals surface area contributed by atoms with Gasteiger partial charge in [-0.2, -0.15) is 4.98 Å². The van der Waals surface area contributed by atoms with Crippen LogP contribution in [0.5, 0.6) is 5.88 Å². The van der Waals surface area contributed by atoms with Crippen LogP contribution < -0.4 is 10.1 Å². The molecule has 4 nitrogen and oxygen atoms in total. The smallest absolute Gasteiger partial charge is 0.226 e. The van der Waals surface area contributed by atoms with Gasteiger partial charge in [-0.3, -0.25) is 0 Å². The number of hydrogen-bond acceptors (Lipinski definition) is 4. The molecule has 4 unspecified atom stereocenters. The minimum absolute atomic E-state index is 0.446. The van der Waals surface area contributed by atoms with E-state index in [2.05, 4.69) is 22.2 Å². The lowest BCUT2D eigenvalue weighted by Crippen LogP contribution is -2.30. The maximum absolute atomic E-state index is 5.49. The van der Waals surface area contributed by atoms with E-state index in [0.29, 0.717) is 24.5 Å². The normalized spacial score (nSPS) is 29.4. The maximum Gasteiger partial charge on any atom is 0.226 e. The van der Waals surface area contributed by atoms with Crippen molar-refractivity contribution in [3.8, 4) is 5.88 Å². The Morgan fingerprint density at radius 3 is 2.85 bits per heavy atom. The van der Waals surface area contributed by atoms with Gasteiger partial charge in [0.15, 0.2) is 0 Å². The zero-order valence-corrected chi connectivity index (χ0v) is 12.7. The van der Waals surface area contributed by atoms with Crippen molar-refractivity contribution in [1.29, 1.82) is 0 Å². The molecule has 0 radical (unpaired) electrons. The van der Waals surface area contributed by atoms with E-state index in [1.807, 2.05) is 19.9 Å². The Bertz CT molecular complexity index is 477. The fourth-order valence-corrected chi connectivity index (χ4v) is 4.04. The highest BCUT2D eigenvalue weighted by Crippen LogP contribution is 2.49. The molecule has 20 heavy (non-hydrogen) atoms. The van der Waals surface area contributed by atoms with Crippen molar-refractivity contribution in [3.05, 3.63) is 11.8 Å². The maximum atomic E-state index is 5.49. The number of ether oxygens (including phenoxy) is 1. The summed E-state index contributed by atoms with van der Waals surface area (Å²) in [5, 5.41) is 3.51. The highest BCUT2D eigenvalue weighted by molar-refractivity contribution is 5.32. The zero-order valence-electron chi connectivity index (χ0n) is 12.7. The Hall–Kier alpha value is -1.32. The Balaban J connectivity index is 1.67. The second-order valence-electron chi connectivity index (χ2n) is 6.38. The lowest BCUT2D eigenvalue weighted by Gasteiger charge is -2.28. The molecule has 2 bridgehead atoms. The van der Waals surface area contributed by atoms with Gasteiger partial charge in [0.1, 0.15) is 0 Å². The summed E-state index contributed by atoms with van der Waals surface area (Å²) in [6, 6.07) is 2.33.